The van der Waals surface area contributed by atoms with Crippen molar-refractivity contribution in [3.63, 3.8) is 0 Å². The summed E-state index contributed by atoms with van der Waals surface area (Å²) in [5.41, 5.74) is 2.55. The lowest BCUT2D eigenvalue weighted by molar-refractivity contribution is 0.539. The van der Waals surface area contributed by atoms with Crippen LogP contribution < -0.4 is 5.32 Å². The predicted octanol–water partition coefficient (Wildman–Crippen LogP) is 2.79. The number of pyridine rings is 1. The standard InChI is InChI=1S/C12H20N2S/c1-4-14-12(5-6-15-3)11-7-10(2)8-13-9-11/h7-9,12,14H,4-6H2,1-3H3. The third-order valence-electron chi connectivity index (χ3n) is 2.36. The topological polar surface area (TPSA) is 24.9 Å². The smallest absolute Gasteiger partial charge is 0.0343 e. The molecule has 1 N–H and O–H groups in total. The van der Waals surface area contributed by atoms with E-state index in [-0.39, 0.29) is 0 Å². The van der Waals surface area contributed by atoms with Crippen molar-refractivity contribution in [2.45, 2.75) is 26.3 Å². The summed E-state index contributed by atoms with van der Waals surface area (Å²) in [6.07, 6.45) is 7.19. The molecular weight excluding hydrogens is 204 g/mol. The Morgan fingerprint density at radius 2 is 2.27 bits per heavy atom. The van der Waals surface area contributed by atoms with E-state index in [0.29, 0.717) is 6.04 Å². The van der Waals surface area contributed by atoms with Crippen LogP contribution in [-0.4, -0.2) is 23.5 Å². The second-order valence-electron chi connectivity index (χ2n) is 3.69. The van der Waals surface area contributed by atoms with Crippen molar-refractivity contribution in [1.29, 1.82) is 0 Å². The third kappa shape index (κ3) is 4.22. The van der Waals surface area contributed by atoms with Crippen molar-refractivity contribution in [2.24, 2.45) is 0 Å². The van der Waals surface area contributed by atoms with Crippen LogP contribution in [0.2, 0.25) is 0 Å². The summed E-state index contributed by atoms with van der Waals surface area (Å²) >= 11 is 1.89. The van der Waals surface area contributed by atoms with Crippen molar-refractivity contribution in [1.82, 2.24) is 10.3 Å². The van der Waals surface area contributed by atoms with Crippen molar-refractivity contribution in [3.05, 3.63) is 29.6 Å². The molecule has 0 fully saturated rings. The first-order valence-corrected chi connectivity index (χ1v) is 6.81. The van der Waals surface area contributed by atoms with E-state index in [9.17, 15) is 0 Å². The van der Waals surface area contributed by atoms with Crippen LogP contribution in [0, 0.1) is 6.92 Å². The van der Waals surface area contributed by atoms with Crippen molar-refractivity contribution in [3.8, 4) is 0 Å². The zero-order chi connectivity index (χ0) is 11.1. The molecule has 1 unspecified atom stereocenters. The number of thioether (sulfide) groups is 1. The highest BCUT2D eigenvalue weighted by atomic mass is 32.2. The van der Waals surface area contributed by atoms with Crippen LogP contribution in [-0.2, 0) is 0 Å². The Kier molecular flexibility index (Phi) is 5.73. The normalized spacial score (nSPS) is 12.7. The molecule has 0 spiro atoms. The van der Waals surface area contributed by atoms with E-state index in [1.165, 1.54) is 23.3 Å². The Morgan fingerprint density at radius 1 is 1.47 bits per heavy atom. The van der Waals surface area contributed by atoms with Gasteiger partial charge in [0.05, 0.1) is 0 Å². The molecule has 2 nitrogen and oxygen atoms in total. The van der Waals surface area contributed by atoms with Gasteiger partial charge in [-0.25, -0.2) is 0 Å². The Morgan fingerprint density at radius 3 is 2.87 bits per heavy atom. The zero-order valence-electron chi connectivity index (χ0n) is 9.79. The molecule has 3 heteroatoms. The van der Waals surface area contributed by atoms with Crippen LogP contribution in [0.5, 0.6) is 0 Å². The van der Waals surface area contributed by atoms with Gasteiger partial charge in [-0.05, 0) is 43.0 Å². The van der Waals surface area contributed by atoms with Gasteiger partial charge in [-0.1, -0.05) is 13.0 Å². The minimum Gasteiger partial charge on any atom is -0.310 e. The predicted molar refractivity (Wildman–Crippen MR) is 68.4 cm³/mol. The monoisotopic (exact) mass is 224 g/mol. The first kappa shape index (κ1) is 12.5. The quantitative estimate of drug-likeness (QED) is 0.804. The van der Waals surface area contributed by atoms with Gasteiger partial charge in [0, 0.05) is 18.4 Å². The van der Waals surface area contributed by atoms with E-state index in [4.69, 9.17) is 0 Å². The molecule has 0 aliphatic rings. The molecule has 1 rings (SSSR count). The highest BCUT2D eigenvalue weighted by Crippen LogP contribution is 2.18. The molecule has 1 aromatic rings. The lowest BCUT2D eigenvalue weighted by Crippen LogP contribution is -2.21. The number of aryl methyl sites for hydroxylation is 1. The van der Waals surface area contributed by atoms with Gasteiger partial charge in [-0.15, -0.1) is 0 Å². The maximum atomic E-state index is 4.25. The molecule has 1 aromatic heterocycles. The van der Waals surface area contributed by atoms with E-state index >= 15 is 0 Å². The summed E-state index contributed by atoms with van der Waals surface area (Å²) in [4.78, 5) is 4.25. The van der Waals surface area contributed by atoms with Gasteiger partial charge in [0.1, 0.15) is 0 Å². The average Bonchev–Trinajstić information content (AvgIpc) is 2.24. The molecule has 0 aromatic carbocycles. The molecule has 0 radical (unpaired) electrons. The van der Waals surface area contributed by atoms with Crippen LogP contribution in [0.4, 0.5) is 0 Å². The van der Waals surface area contributed by atoms with Crippen LogP contribution in [0.3, 0.4) is 0 Å². The molecule has 15 heavy (non-hydrogen) atoms. The van der Waals surface area contributed by atoms with Gasteiger partial charge in [0.2, 0.25) is 0 Å². The number of nitrogens with zero attached hydrogens (tertiary/aromatic N) is 1. The van der Waals surface area contributed by atoms with Crippen LogP contribution >= 0.6 is 11.8 Å². The van der Waals surface area contributed by atoms with Gasteiger partial charge in [-0.3, -0.25) is 4.98 Å². The fourth-order valence-electron chi connectivity index (χ4n) is 1.64. The van der Waals surface area contributed by atoms with E-state index in [0.717, 1.165) is 6.54 Å². The van der Waals surface area contributed by atoms with Crippen LogP contribution in [0.25, 0.3) is 0 Å². The summed E-state index contributed by atoms with van der Waals surface area (Å²) in [5, 5.41) is 3.51. The summed E-state index contributed by atoms with van der Waals surface area (Å²) in [7, 11) is 0. The molecule has 0 saturated heterocycles. The number of aromatic nitrogens is 1. The lowest BCUT2D eigenvalue weighted by Gasteiger charge is -2.17. The molecular formula is C12H20N2S. The average molecular weight is 224 g/mol. The van der Waals surface area contributed by atoms with E-state index in [1.807, 2.05) is 24.2 Å². The summed E-state index contributed by atoms with van der Waals surface area (Å²) in [6.45, 7) is 5.25. The molecule has 1 heterocycles. The second-order valence-corrected chi connectivity index (χ2v) is 4.67. The lowest BCUT2D eigenvalue weighted by atomic mass is 10.1. The van der Waals surface area contributed by atoms with Gasteiger partial charge in [0.15, 0.2) is 0 Å². The van der Waals surface area contributed by atoms with Gasteiger partial charge >= 0.3 is 0 Å². The number of nitrogens with one attached hydrogen (secondary N) is 1. The highest BCUT2D eigenvalue weighted by molar-refractivity contribution is 7.98. The van der Waals surface area contributed by atoms with Crippen molar-refractivity contribution >= 4 is 11.8 Å². The summed E-state index contributed by atoms with van der Waals surface area (Å²) < 4.78 is 0. The largest absolute Gasteiger partial charge is 0.310 e. The summed E-state index contributed by atoms with van der Waals surface area (Å²) in [5.74, 6) is 1.19. The van der Waals surface area contributed by atoms with Crippen molar-refractivity contribution < 1.29 is 0 Å². The van der Waals surface area contributed by atoms with E-state index in [2.05, 4.69) is 36.5 Å². The van der Waals surface area contributed by atoms with Crippen LogP contribution in [0.15, 0.2) is 18.5 Å². The van der Waals surface area contributed by atoms with Crippen LogP contribution in [0.1, 0.15) is 30.5 Å². The Hall–Kier alpha value is -0.540. The maximum absolute atomic E-state index is 4.25. The molecule has 0 bridgehead atoms. The van der Waals surface area contributed by atoms with E-state index in [1.54, 1.807) is 0 Å². The maximum Gasteiger partial charge on any atom is 0.0343 e. The summed E-state index contributed by atoms with van der Waals surface area (Å²) in [6, 6.07) is 2.68. The molecule has 0 aliphatic heterocycles. The third-order valence-corrected chi connectivity index (χ3v) is 3.00. The Balaban J connectivity index is 2.69. The van der Waals surface area contributed by atoms with E-state index < -0.39 is 0 Å². The van der Waals surface area contributed by atoms with Gasteiger partial charge in [-0.2, -0.15) is 11.8 Å². The Bertz CT molecular complexity index is 289. The molecule has 1 atom stereocenters. The first-order chi connectivity index (χ1) is 7.27. The van der Waals surface area contributed by atoms with Crippen molar-refractivity contribution in [2.75, 3.05) is 18.6 Å². The molecule has 0 saturated carbocycles. The minimum atomic E-state index is 0.454. The molecule has 84 valence electrons. The minimum absolute atomic E-state index is 0.454. The fourth-order valence-corrected chi connectivity index (χ4v) is 2.11. The van der Waals surface area contributed by atoms with Gasteiger partial charge in [0.25, 0.3) is 0 Å². The number of rotatable bonds is 6. The fraction of sp³-hybridized carbons (Fsp3) is 0.583. The first-order valence-electron chi connectivity index (χ1n) is 5.41. The number of hydrogen-bond acceptors (Lipinski definition) is 3. The second kappa shape index (κ2) is 6.85. The zero-order valence-corrected chi connectivity index (χ0v) is 10.6. The van der Waals surface area contributed by atoms with Gasteiger partial charge < -0.3 is 5.32 Å². The number of hydrogen-bond donors (Lipinski definition) is 1. The molecule has 0 aliphatic carbocycles. The highest BCUT2D eigenvalue weighted by Gasteiger charge is 2.09. The Labute approximate surface area is 96.9 Å². The SMILES string of the molecule is CCNC(CCSC)c1cncc(C)c1. The molecule has 0 amide bonds.